The van der Waals surface area contributed by atoms with E-state index in [0.717, 1.165) is 11.3 Å². The molecule has 0 aliphatic carbocycles. The van der Waals surface area contributed by atoms with E-state index in [2.05, 4.69) is 0 Å². The molecule has 1 N–H and O–H groups in total. The minimum atomic E-state index is -3.40. The molecule has 1 aromatic carbocycles. The lowest BCUT2D eigenvalue weighted by Crippen LogP contribution is -2.05. The monoisotopic (exact) mass is 312 g/mol. The molecule has 1 aromatic heterocycles. The van der Waals surface area contributed by atoms with E-state index in [1.54, 1.807) is 25.1 Å². The zero-order valence-corrected chi connectivity index (χ0v) is 12.2. The van der Waals surface area contributed by atoms with Crippen molar-refractivity contribution >= 4 is 27.1 Å². The van der Waals surface area contributed by atoms with E-state index in [1.807, 2.05) is 0 Å². The minimum absolute atomic E-state index is 0.0304. The topological polar surface area (TPSA) is 80.7 Å². The van der Waals surface area contributed by atoms with E-state index in [9.17, 15) is 13.2 Å². The molecule has 0 radical (unpaired) electrons. The van der Waals surface area contributed by atoms with Gasteiger partial charge in [-0.2, -0.15) is 0 Å². The fourth-order valence-electron chi connectivity index (χ4n) is 1.56. The number of rotatable bonds is 5. The molecule has 0 spiro atoms. The highest BCUT2D eigenvalue weighted by atomic mass is 32.2. The number of hydrogen-bond acceptors (Lipinski definition) is 5. The van der Waals surface area contributed by atoms with Crippen LogP contribution >= 0.6 is 11.3 Å². The number of carboxylic acids is 1. The molecule has 106 valence electrons. The summed E-state index contributed by atoms with van der Waals surface area (Å²) in [6.07, 6.45) is 0. The molecule has 7 heteroatoms. The Morgan fingerprint density at radius 3 is 2.65 bits per heavy atom. The van der Waals surface area contributed by atoms with Gasteiger partial charge >= 0.3 is 5.97 Å². The summed E-state index contributed by atoms with van der Waals surface area (Å²) < 4.78 is 29.4. The van der Waals surface area contributed by atoms with Crippen LogP contribution < -0.4 is 4.74 Å². The van der Waals surface area contributed by atoms with Gasteiger partial charge in [-0.3, -0.25) is 0 Å². The summed E-state index contributed by atoms with van der Waals surface area (Å²) in [5.41, 5.74) is 0. The molecule has 0 unspecified atom stereocenters. The van der Waals surface area contributed by atoms with Crippen molar-refractivity contribution in [3.05, 3.63) is 40.6 Å². The molecule has 0 aliphatic heterocycles. The molecule has 0 fully saturated rings. The summed E-state index contributed by atoms with van der Waals surface area (Å²) in [5.74, 6) is -0.563. The zero-order chi connectivity index (χ0) is 14.8. The number of aromatic carboxylic acids is 1. The third kappa shape index (κ3) is 3.00. The van der Waals surface area contributed by atoms with Gasteiger partial charge in [0.25, 0.3) is 0 Å². The Bertz CT molecular complexity index is 731. The standard InChI is InChI=1S/C13H12O5S2/c1-2-20(16,17)12-6-4-3-5-10(12)18-9-7-11(13(14)15)19-8-9/h3-8H,2H2,1H3,(H,14,15). The van der Waals surface area contributed by atoms with E-state index in [0.29, 0.717) is 5.75 Å². The van der Waals surface area contributed by atoms with Crippen LogP contribution in [0.1, 0.15) is 16.6 Å². The fraction of sp³-hybridized carbons (Fsp3) is 0.154. The predicted octanol–water partition coefficient (Wildman–Crippen LogP) is 3.03. The van der Waals surface area contributed by atoms with E-state index >= 15 is 0 Å². The molecule has 5 nitrogen and oxygen atoms in total. The van der Waals surface area contributed by atoms with Crippen LogP contribution in [0.25, 0.3) is 0 Å². The molecular formula is C13H12O5S2. The SMILES string of the molecule is CCS(=O)(=O)c1ccccc1Oc1csc(C(=O)O)c1. The van der Waals surface area contributed by atoms with Crippen molar-refractivity contribution in [3.8, 4) is 11.5 Å². The molecule has 0 amide bonds. The first kappa shape index (κ1) is 14.5. The maximum absolute atomic E-state index is 12.0. The number of para-hydroxylation sites is 1. The van der Waals surface area contributed by atoms with Gasteiger partial charge < -0.3 is 9.84 Å². The van der Waals surface area contributed by atoms with Crippen molar-refractivity contribution in [1.29, 1.82) is 0 Å². The lowest BCUT2D eigenvalue weighted by atomic mass is 10.3. The van der Waals surface area contributed by atoms with Crippen LogP contribution in [0.4, 0.5) is 0 Å². The van der Waals surface area contributed by atoms with Crippen LogP contribution in [-0.4, -0.2) is 25.2 Å². The molecule has 0 bridgehead atoms. The Hall–Kier alpha value is -1.86. The van der Waals surface area contributed by atoms with Crippen LogP contribution in [-0.2, 0) is 9.84 Å². The average molecular weight is 312 g/mol. The van der Waals surface area contributed by atoms with Gasteiger partial charge in [-0.1, -0.05) is 19.1 Å². The van der Waals surface area contributed by atoms with Gasteiger partial charge in [0, 0.05) is 11.4 Å². The second kappa shape index (κ2) is 5.64. The lowest BCUT2D eigenvalue weighted by molar-refractivity contribution is 0.0702. The van der Waals surface area contributed by atoms with Crippen LogP contribution in [0, 0.1) is 0 Å². The molecule has 0 aliphatic rings. The molecule has 2 aromatic rings. The summed E-state index contributed by atoms with van der Waals surface area (Å²) in [4.78, 5) is 11.0. The van der Waals surface area contributed by atoms with Crippen LogP contribution in [0.15, 0.2) is 40.6 Å². The summed E-state index contributed by atoms with van der Waals surface area (Å²) in [7, 11) is -3.40. The second-order valence-electron chi connectivity index (χ2n) is 3.90. The number of carboxylic acid groups (broad SMARTS) is 1. The summed E-state index contributed by atoms with van der Waals surface area (Å²) in [6, 6.07) is 7.65. The third-order valence-corrected chi connectivity index (χ3v) is 5.24. The number of sulfone groups is 1. The largest absolute Gasteiger partial charge is 0.477 e. The maximum atomic E-state index is 12.0. The second-order valence-corrected chi connectivity index (χ2v) is 7.06. The maximum Gasteiger partial charge on any atom is 0.346 e. The van der Waals surface area contributed by atoms with Crippen LogP contribution in [0.5, 0.6) is 11.5 Å². The first-order valence-corrected chi connectivity index (χ1v) is 8.28. The number of thiophene rings is 1. The third-order valence-electron chi connectivity index (χ3n) is 2.58. The molecule has 0 atom stereocenters. The minimum Gasteiger partial charge on any atom is -0.477 e. The quantitative estimate of drug-likeness (QED) is 0.917. The van der Waals surface area contributed by atoms with E-state index in [4.69, 9.17) is 9.84 Å². The molecule has 0 saturated heterocycles. The molecule has 20 heavy (non-hydrogen) atoms. The predicted molar refractivity (Wildman–Crippen MR) is 75.5 cm³/mol. The fourth-order valence-corrected chi connectivity index (χ4v) is 3.22. The van der Waals surface area contributed by atoms with Crippen molar-refractivity contribution < 1.29 is 23.1 Å². The van der Waals surface area contributed by atoms with Crippen molar-refractivity contribution in [2.75, 3.05) is 5.75 Å². The summed E-state index contributed by atoms with van der Waals surface area (Å²) >= 11 is 1.02. The zero-order valence-electron chi connectivity index (χ0n) is 10.6. The Labute approximate surface area is 120 Å². The van der Waals surface area contributed by atoms with Crippen LogP contribution in [0.3, 0.4) is 0 Å². The van der Waals surface area contributed by atoms with Crippen molar-refractivity contribution in [2.45, 2.75) is 11.8 Å². The van der Waals surface area contributed by atoms with E-state index in [1.165, 1.54) is 17.5 Å². The highest BCUT2D eigenvalue weighted by molar-refractivity contribution is 7.91. The van der Waals surface area contributed by atoms with Gasteiger partial charge in [0.15, 0.2) is 9.84 Å². The molecule has 1 heterocycles. The number of benzene rings is 1. The molecule has 2 rings (SSSR count). The highest BCUT2D eigenvalue weighted by Gasteiger charge is 2.18. The van der Waals surface area contributed by atoms with Gasteiger partial charge in [-0.15, -0.1) is 11.3 Å². The first-order chi connectivity index (χ1) is 9.44. The van der Waals surface area contributed by atoms with Gasteiger partial charge in [0.1, 0.15) is 21.3 Å². The summed E-state index contributed by atoms with van der Waals surface area (Å²) in [5, 5.41) is 10.4. The molecular weight excluding hydrogens is 300 g/mol. The Morgan fingerprint density at radius 2 is 2.05 bits per heavy atom. The lowest BCUT2D eigenvalue weighted by Gasteiger charge is -2.09. The number of carbonyl (C=O) groups is 1. The summed E-state index contributed by atoms with van der Waals surface area (Å²) in [6.45, 7) is 1.55. The van der Waals surface area contributed by atoms with E-state index < -0.39 is 15.8 Å². The Morgan fingerprint density at radius 1 is 1.35 bits per heavy atom. The first-order valence-electron chi connectivity index (χ1n) is 5.75. The van der Waals surface area contributed by atoms with E-state index in [-0.39, 0.29) is 21.3 Å². The van der Waals surface area contributed by atoms with Gasteiger partial charge in [-0.25, -0.2) is 13.2 Å². The van der Waals surface area contributed by atoms with Crippen LogP contribution in [0.2, 0.25) is 0 Å². The average Bonchev–Trinajstić information content (AvgIpc) is 2.88. The van der Waals surface area contributed by atoms with Crippen molar-refractivity contribution in [1.82, 2.24) is 0 Å². The highest BCUT2D eigenvalue weighted by Crippen LogP contribution is 2.31. The van der Waals surface area contributed by atoms with Gasteiger partial charge in [0.2, 0.25) is 0 Å². The van der Waals surface area contributed by atoms with Crippen molar-refractivity contribution in [2.24, 2.45) is 0 Å². The molecule has 0 saturated carbocycles. The van der Waals surface area contributed by atoms with Gasteiger partial charge in [0.05, 0.1) is 5.75 Å². The number of hydrogen-bond donors (Lipinski definition) is 1. The smallest absolute Gasteiger partial charge is 0.346 e. The number of ether oxygens (including phenoxy) is 1. The Balaban J connectivity index is 2.36. The van der Waals surface area contributed by atoms with Crippen molar-refractivity contribution in [3.63, 3.8) is 0 Å². The Kier molecular flexibility index (Phi) is 4.10. The van der Waals surface area contributed by atoms with Gasteiger partial charge in [-0.05, 0) is 12.1 Å². The normalized spacial score (nSPS) is 11.2.